The van der Waals surface area contributed by atoms with E-state index in [1.165, 1.54) is 17.4 Å². The van der Waals surface area contributed by atoms with Crippen LogP contribution in [0.1, 0.15) is 36.5 Å². The van der Waals surface area contributed by atoms with Crippen molar-refractivity contribution >= 4 is 39.9 Å². The van der Waals surface area contributed by atoms with Gasteiger partial charge in [-0.3, -0.25) is 14.5 Å². The molecule has 1 aliphatic rings. The van der Waals surface area contributed by atoms with Crippen LogP contribution in [0, 0.1) is 11.6 Å². The molecule has 132 valence electrons. The number of hydrogen-bond donors (Lipinski definition) is 0. The molecule has 0 spiro atoms. The van der Waals surface area contributed by atoms with E-state index in [1.54, 1.807) is 11.8 Å². The molecule has 5 nitrogen and oxygen atoms in total. The van der Waals surface area contributed by atoms with Crippen molar-refractivity contribution in [1.82, 2.24) is 10.2 Å². The number of Topliss-reactive ketones (excluding diaryl/α,β-unsaturated/α-hetero) is 1. The summed E-state index contributed by atoms with van der Waals surface area (Å²) in [7, 11) is 0. The summed E-state index contributed by atoms with van der Waals surface area (Å²) in [6, 6.07) is 3.27. The van der Waals surface area contributed by atoms with Gasteiger partial charge in [-0.15, -0.1) is 10.2 Å². The van der Waals surface area contributed by atoms with Crippen LogP contribution in [0.3, 0.4) is 0 Å². The van der Waals surface area contributed by atoms with Crippen molar-refractivity contribution in [2.45, 2.75) is 36.6 Å². The lowest BCUT2D eigenvalue weighted by Gasteiger charge is -2.17. The van der Waals surface area contributed by atoms with E-state index in [0.29, 0.717) is 15.9 Å². The van der Waals surface area contributed by atoms with E-state index in [1.807, 2.05) is 0 Å². The number of ketones is 1. The van der Waals surface area contributed by atoms with Gasteiger partial charge in [-0.05, 0) is 31.0 Å². The molecule has 1 aromatic heterocycles. The Kier molecular flexibility index (Phi) is 5.43. The summed E-state index contributed by atoms with van der Waals surface area (Å²) in [6.45, 7) is 1.80. The molecule has 0 N–H and O–H groups in total. The zero-order valence-corrected chi connectivity index (χ0v) is 15.0. The maximum absolute atomic E-state index is 13.2. The Balaban J connectivity index is 1.64. The largest absolute Gasteiger partial charge is 0.293 e. The summed E-state index contributed by atoms with van der Waals surface area (Å²) in [5, 5.41) is 8.61. The van der Waals surface area contributed by atoms with E-state index in [-0.39, 0.29) is 29.0 Å². The van der Waals surface area contributed by atoms with E-state index in [9.17, 15) is 18.4 Å². The standard InChI is InChI=1S/C16H15F2N3O2S2/c1-2-14(23)21(10-4-5-10)15-19-20-16(25-15)24-8-13(22)9-3-6-11(17)12(18)7-9/h3,6-7,10H,2,4-5,8H2,1H3. The van der Waals surface area contributed by atoms with Crippen molar-refractivity contribution < 1.29 is 18.4 Å². The van der Waals surface area contributed by atoms with Gasteiger partial charge in [0.15, 0.2) is 21.8 Å². The Morgan fingerprint density at radius 2 is 2.04 bits per heavy atom. The van der Waals surface area contributed by atoms with Gasteiger partial charge in [-0.1, -0.05) is 30.0 Å². The third-order valence-electron chi connectivity index (χ3n) is 3.65. The molecule has 0 bridgehead atoms. The number of carbonyl (C=O) groups excluding carboxylic acids is 2. The third kappa shape index (κ3) is 4.21. The van der Waals surface area contributed by atoms with Gasteiger partial charge in [0.25, 0.3) is 0 Å². The molecule has 0 atom stereocenters. The minimum absolute atomic E-state index is 0.00747. The van der Waals surface area contributed by atoms with Crippen molar-refractivity contribution in [2.75, 3.05) is 10.7 Å². The van der Waals surface area contributed by atoms with Gasteiger partial charge in [0.1, 0.15) is 0 Å². The van der Waals surface area contributed by atoms with Gasteiger partial charge >= 0.3 is 0 Å². The number of aromatic nitrogens is 2. The quantitative estimate of drug-likeness (QED) is 0.414. The molecular formula is C16H15F2N3O2S2. The van der Waals surface area contributed by atoms with E-state index >= 15 is 0 Å². The van der Waals surface area contributed by atoms with Crippen LogP contribution in [0.15, 0.2) is 22.5 Å². The molecule has 0 saturated heterocycles. The molecule has 1 amide bonds. The van der Waals surface area contributed by atoms with Crippen molar-refractivity contribution in [3.63, 3.8) is 0 Å². The summed E-state index contributed by atoms with van der Waals surface area (Å²) in [5.74, 6) is -2.33. The van der Waals surface area contributed by atoms with E-state index in [2.05, 4.69) is 10.2 Å². The molecular weight excluding hydrogens is 368 g/mol. The number of amides is 1. The second-order valence-electron chi connectivity index (χ2n) is 5.54. The van der Waals surface area contributed by atoms with Crippen molar-refractivity contribution in [2.24, 2.45) is 0 Å². The van der Waals surface area contributed by atoms with Crippen LogP contribution >= 0.6 is 23.1 Å². The van der Waals surface area contributed by atoms with Gasteiger partial charge in [-0.25, -0.2) is 8.78 Å². The Labute approximate surface area is 151 Å². The lowest BCUT2D eigenvalue weighted by Crippen LogP contribution is -2.32. The molecule has 1 aromatic carbocycles. The van der Waals surface area contributed by atoms with Crippen LogP contribution in [0.2, 0.25) is 0 Å². The first-order valence-electron chi connectivity index (χ1n) is 7.76. The molecule has 0 unspecified atom stereocenters. The highest BCUT2D eigenvalue weighted by Crippen LogP contribution is 2.36. The normalized spacial score (nSPS) is 13.7. The van der Waals surface area contributed by atoms with Crippen LogP contribution in [-0.2, 0) is 4.79 Å². The molecule has 0 radical (unpaired) electrons. The molecule has 1 heterocycles. The Bertz CT molecular complexity index is 808. The van der Waals surface area contributed by atoms with Crippen LogP contribution < -0.4 is 4.90 Å². The summed E-state index contributed by atoms with van der Waals surface area (Å²) in [5.41, 5.74) is 0.108. The number of carbonyl (C=O) groups is 2. The summed E-state index contributed by atoms with van der Waals surface area (Å²) < 4.78 is 26.7. The lowest BCUT2D eigenvalue weighted by atomic mass is 10.1. The van der Waals surface area contributed by atoms with Crippen LogP contribution in [0.4, 0.5) is 13.9 Å². The number of halogens is 2. The zero-order valence-electron chi connectivity index (χ0n) is 13.4. The van der Waals surface area contributed by atoms with Crippen LogP contribution in [0.25, 0.3) is 0 Å². The number of hydrogen-bond acceptors (Lipinski definition) is 6. The van der Waals surface area contributed by atoms with Gasteiger partial charge in [0, 0.05) is 18.0 Å². The molecule has 1 fully saturated rings. The monoisotopic (exact) mass is 383 g/mol. The van der Waals surface area contributed by atoms with E-state index < -0.39 is 11.6 Å². The fraction of sp³-hybridized carbons (Fsp3) is 0.375. The summed E-state index contributed by atoms with van der Waals surface area (Å²) in [6.07, 6.45) is 2.32. The zero-order chi connectivity index (χ0) is 18.0. The number of thioether (sulfide) groups is 1. The molecule has 0 aliphatic heterocycles. The van der Waals surface area contributed by atoms with Crippen molar-refractivity contribution in [3.8, 4) is 0 Å². The first-order valence-corrected chi connectivity index (χ1v) is 9.56. The Morgan fingerprint density at radius 1 is 1.28 bits per heavy atom. The smallest absolute Gasteiger partial charge is 0.228 e. The SMILES string of the molecule is CCC(=O)N(c1nnc(SCC(=O)c2ccc(F)c(F)c2)s1)C1CC1. The topological polar surface area (TPSA) is 63.2 Å². The minimum atomic E-state index is -1.05. The molecule has 1 aliphatic carbocycles. The van der Waals surface area contributed by atoms with Crippen LogP contribution in [-0.4, -0.2) is 33.7 Å². The van der Waals surface area contributed by atoms with Gasteiger partial charge < -0.3 is 0 Å². The highest BCUT2D eigenvalue weighted by molar-refractivity contribution is 8.01. The number of nitrogens with zero attached hydrogens (tertiary/aromatic N) is 3. The average Bonchev–Trinajstić information content (AvgIpc) is 3.33. The molecule has 25 heavy (non-hydrogen) atoms. The number of benzene rings is 1. The maximum Gasteiger partial charge on any atom is 0.228 e. The third-order valence-corrected chi connectivity index (χ3v) is 5.71. The molecule has 1 saturated carbocycles. The fourth-order valence-electron chi connectivity index (χ4n) is 2.21. The second kappa shape index (κ2) is 7.57. The first-order chi connectivity index (χ1) is 12.0. The van der Waals surface area contributed by atoms with Crippen molar-refractivity contribution in [3.05, 3.63) is 35.4 Å². The Hall–Kier alpha value is -1.87. The van der Waals surface area contributed by atoms with Gasteiger partial charge in [0.2, 0.25) is 11.0 Å². The fourth-order valence-corrected chi connectivity index (χ4v) is 4.03. The second-order valence-corrected chi connectivity index (χ2v) is 7.72. The Morgan fingerprint density at radius 3 is 2.68 bits per heavy atom. The highest BCUT2D eigenvalue weighted by Gasteiger charge is 2.35. The van der Waals surface area contributed by atoms with Gasteiger partial charge in [0.05, 0.1) is 5.75 Å². The van der Waals surface area contributed by atoms with Gasteiger partial charge in [-0.2, -0.15) is 0 Å². The maximum atomic E-state index is 13.2. The van der Waals surface area contributed by atoms with Crippen LogP contribution in [0.5, 0.6) is 0 Å². The molecule has 3 rings (SSSR count). The average molecular weight is 383 g/mol. The van der Waals surface area contributed by atoms with Crippen molar-refractivity contribution in [1.29, 1.82) is 0 Å². The number of rotatable bonds is 7. The summed E-state index contributed by atoms with van der Waals surface area (Å²) >= 11 is 2.42. The summed E-state index contributed by atoms with van der Waals surface area (Å²) in [4.78, 5) is 25.8. The molecule has 2 aromatic rings. The predicted molar refractivity (Wildman–Crippen MR) is 92.1 cm³/mol. The predicted octanol–water partition coefficient (Wildman–Crippen LogP) is 3.70. The van der Waals surface area contributed by atoms with E-state index in [4.69, 9.17) is 0 Å². The number of anilines is 1. The minimum Gasteiger partial charge on any atom is -0.293 e. The molecule has 9 heteroatoms. The first kappa shape index (κ1) is 17.9. The highest BCUT2D eigenvalue weighted by atomic mass is 32.2. The lowest BCUT2D eigenvalue weighted by molar-refractivity contribution is -0.118. The van der Waals surface area contributed by atoms with E-state index in [0.717, 1.165) is 36.7 Å².